The smallest absolute Gasteiger partial charge is 0.412 e. The summed E-state index contributed by atoms with van der Waals surface area (Å²) in [6, 6.07) is 13.4. The Morgan fingerprint density at radius 3 is 2.50 bits per heavy atom. The Balaban J connectivity index is 1.80. The molecule has 182 valence electrons. The number of nitrogens with two attached hydrogens (primary N) is 1. The number of nitrogens with one attached hydrogen (secondary N) is 1. The number of anilines is 2. The third kappa shape index (κ3) is 4.42. The first kappa shape index (κ1) is 24.6. The highest BCUT2D eigenvalue weighted by Gasteiger charge is 2.27. The number of rotatable bonds is 5. The summed E-state index contributed by atoms with van der Waals surface area (Å²) in [5.74, 6) is -4.25. The first-order valence-electron chi connectivity index (χ1n) is 10.3. The van der Waals surface area contributed by atoms with Crippen LogP contribution < -0.4 is 11.1 Å². The van der Waals surface area contributed by atoms with Gasteiger partial charge in [-0.05, 0) is 11.6 Å². The number of methoxy groups -OCH3 is 1. The van der Waals surface area contributed by atoms with Crippen molar-refractivity contribution in [3.05, 3.63) is 82.7 Å². The highest BCUT2D eigenvalue weighted by atomic mass is 32.1. The molecule has 0 radical (unpaired) electrons. The Morgan fingerprint density at radius 2 is 1.83 bits per heavy atom. The van der Waals surface area contributed by atoms with Gasteiger partial charge in [0.2, 0.25) is 0 Å². The van der Waals surface area contributed by atoms with Crippen LogP contribution >= 0.6 is 11.3 Å². The average Bonchev–Trinajstić information content (AvgIpc) is 3.23. The van der Waals surface area contributed by atoms with Crippen LogP contribution in [0, 0.1) is 28.8 Å². The molecule has 1 aromatic heterocycles. The number of amides is 1. The van der Waals surface area contributed by atoms with Crippen molar-refractivity contribution in [2.75, 3.05) is 18.2 Å². The van der Waals surface area contributed by atoms with Gasteiger partial charge in [0.15, 0.2) is 5.82 Å². The number of carbonyl (C=O) groups is 2. The normalized spacial score (nSPS) is 10.6. The zero-order valence-electron chi connectivity index (χ0n) is 18.5. The van der Waals surface area contributed by atoms with Gasteiger partial charge >= 0.3 is 12.1 Å². The average molecular weight is 511 g/mol. The molecule has 0 spiro atoms. The molecule has 0 saturated carbocycles. The van der Waals surface area contributed by atoms with Crippen molar-refractivity contribution < 1.29 is 32.2 Å². The molecule has 36 heavy (non-hydrogen) atoms. The quantitative estimate of drug-likeness (QED) is 0.252. The van der Waals surface area contributed by atoms with Gasteiger partial charge in [-0.3, -0.25) is 5.32 Å². The number of ether oxygens (including phenoxy) is 2. The second-order valence-corrected chi connectivity index (χ2v) is 8.42. The zero-order valence-corrected chi connectivity index (χ0v) is 19.3. The first-order valence-corrected chi connectivity index (χ1v) is 11.1. The van der Waals surface area contributed by atoms with E-state index < -0.39 is 46.3 Å². The Hall–Kier alpha value is -4.56. The van der Waals surface area contributed by atoms with Gasteiger partial charge in [-0.25, -0.2) is 22.8 Å². The number of fused-ring (bicyclic) bond motifs is 1. The van der Waals surface area contributed by atoms with Crippen molar-refractivity contribution in [3.63, 3.8) is 0 Å². The van der Waals surface area contributed by atoms with E-state index in [1.807, 2.05) is 6.07 Å². The molecule has 1 heterocycles. The van der Waals surface area contributed by atoms with E-state index in [-0.39, 0.29) is 32.8 Å². The van der Waals surface area contributed by atoms with Gasteiger partial charge in [0.25, 0.3) is 0 Å². The Morgan fingerprint density at radius 1 is 1.11 bits per heavy atom. The van der Waals surface area contributed by atoms with E-state index in [0.29, 0.717) is 23.0 Å². The van der Waals surface area contributed by atoms with E-state index in [2.05, 4.69) is 10.1 Å². The third-order valence-electron chi connectivity index (χ3n) is 5.26. The fourth-order valence-corrected chi connectivity index (χ4v) is 4.64. The summed E-state index contributed by atoms with van der Waals surface area (Å²) in [5, 5.41) is 11.8. The molecule has 11 heteroatoms. The van der Waals surface area contributed by atoms with Gasteiger partial charge < -0.3 is 15.2 Å². The van der Waals surface area contributed by atoms with Gasteiger partial charge in [-0.15, -0.1) is 11.3 Å². The fraction of sp³-hybridized carbons (Fsp3) is 0.0800. The molecule has 0 atom stereocenters. The minimum absolute atomic E-state index is 0.0648. The van der Waals surface area contributed by atoms with E-state index in [1.165, 1.54) is 0 Å². The number of benzene rings is 3. The standard InChI is InChI=1S/C25H16F3N3O4S/c1-34-24(32)14-8-7-13(20(28)21(14)30)18-16(26)9-17(27)22-19(18)15(10-29)23(36-22)31-25(33)35-11-12-5-3-2-4-6-12/h2-9H,11,30H2,1H3,(H,31,33). The summed E-state index contributed by atoms with van der Waals surface area (Å²) in [4.78, 5) is 24.2. The molecule has 0 aliphatic rings. The summed E-state index contributed by atoms with van der Waals surface area (Å²) in [5.41, 5.74) is 4.40. The summed E-state index contributed by atoms with van der Waals surface area (Å²) < 4.78 is 54.4. The number of nitrogens with zero attached hydrogens (tertiary/aromatic N) is 1. The number of esters is 1. The molecule has 0 bridgehead atoms. The predicted octanol–water partition coefficient (Wildman–Crippen LogP) is 5.97. The van der Waals surface area contributed by atoms with E-state index >= 15 is 8.78 Å². The zero-order chi connectivity index (χ0) is 26.0. The minimum Gasteiger partial charge on any atom is -0.465 e. The van der Waals surface area contributed by atoms with E-state index in [9.17, 15) is 19.2 Å². The summed E-state index contributed by atoms with van der Waals surface area (Å²) in [7, 11) is 1.08. The lowest BCUT2D eigenvalue weighted by Gasteiger charge is -2.12. The Bertz CT molecular complexity index is 1550. The monoisotopic (exact) mass is 511 g/mol. The minimum atomic E-state index is -1.17. The van der Waals surface area contributed by atoms with E-state index in [1.54, 1.807) is 30.3 Å². The van der Waals surface area contributed by atoms with Crippen molar-refractivity contribution in [2.45, 2.75) is 6.61 Å². The third-order valence-corrected chi connectivity index (χ3v) is 6.38. The lowest BCUT2D eigenvalue weighted by molar-refractivity contribution is 0.0601. The Kier molecular flexibility index (Phi) is 6.80. The molecule has 0 aliphatic carbocycles. The van der Waals surface area contributed by atoms with Crippen LogP contribution in [0.3, 0.4) is 0 Å². The lowest BCUT2D eigenvalue weighted by atomic mass is 9.96. The molecule has 3 aromatic carbocycles. The molecule has 1 amide bonds. The number of hydrogen-bond donors (Lipinski definition) is 2. The van der Waals surface area contributed by atoms with Crippen LogP contribution in [0.4, 0.5) is 28.7 Å². The highest BCUT2D eigenvalue weighted by molar-refractivity contribution is 7.23. The van der Waals surface area contributed by atoms with Crippen LogP contribution in [-0.4, -0.2) is 19.2 Å². The number of carbonyl (C=O) groups excluding carboxylic acids is 2. The van der Waals surface area contributed by atoms with Crippen molar-refractivity contribution in [1.82, 2.24) is 0 Å². The molecule has 4 aromatic rings. The second kappa shape index (κ2) is 9.97. The maximum Gasteiger partial charge on any atom is 0.412 e. The summed E-state index contributed by atoms with van der Waals surface area (Å²) in [6.07, 6.45) is -0.929. The molecule has 0 saturated heterocycles. The lowest BCUT2D eigenvalue weighted by Crippen LogP contribution is -2.13. The van der Waals surface area contributed by atoms with Gasteiger partial charge in [-0.1, -0.05) is 36.4 Å². The first-order chi connectivity index (χ1) is 17.3. The fourth-order valence-electron chi connectivity index (χ4n) is 3.59. The second-order valence-electron chi connectivity index (χ2n) is 7.40. The number of hydrogen-bond acceptors (Lipinski definition) is 7. The SMILES string of the molecule is COC(=O)c1ccc(-c2c(F)cc(F)c3sc(NC(=O)OCc4ccccc4)c(C#N)c23)c(F)c1N. The van der Waals surface area contributed by atoms with Crippen molar-refractivity contribution in [1.29, 1.82) is 5.26 Å². The van der Waals surface area contributed by atoms with Gasteiger partial charge in [-0.2, -0.15) is 5.26 Å². The molecule has 0 aliphatic heterocycles. The topological polar surface area (TPSA) is 114 Å². The summed E-state index contributed by atoms with van der Waals surface area (Å²) >= 11 is 0.660. The van der Waals surface area contributed by atoms with Gasteiger partial charge in [0.1, 0.15) is 29.3 Å². The van der Waals surface area contributed by atoms with Crippen LogP contribution in [0.2, 0.25) is 0 Å². The molecular formula is C25H16F3N3O4S. The van der Waals surface area contributed by atoms with Gasteiger partial charge in [0.05, 0.1) is 28.6 Å². The van der Waals surface area contributed by atoms with Crippen LogP contribution in [-0.2, 0) is 16.1 Å². The number of nitriles is 1. The number of thiophene rings is 1. The van der Waals surface area contributed by atoms with Gasteiger partial charge in [0, 0.05) is 22.6 Å². The maximum absolute atomic E-state index is 15.2. The number of nitrogen functional groups attached to an aromatic ring is 1. The highest BCUT2D eigenvalue weighted by Crippen LogP contribution is 2.45. The largest absolute Gasteiger partial charge is 0.465 e. The molecule has 3 N–H and O–H groups in total. The maximum atomic E-state index is 15.2. The summed E-state index contributed by atoms with van der Waals surface area (Å²) in [6.45, 7) is -0.0648. The molecule has 0 fully saturated rings. The molecule has 0 unspecified atom stereocenters. The van der Waals surface area contributed by atoms with Crippen LogP contribution in [0.15, 0.2) is 48.5 Å². The van der Waals surface area contributed by atoms with Crippen molar-refractivity contribution in [2.24, 2.45) is 0 Å². The Labute approximate surface area is 206 Å². The molecule has 7 nitrogen and oxygen atoms in total. The van der Waals surface area contributed by atoms with Crippen LogP contribution in [0.5, 0.6) is 0 Å². The molecular weight excluding hydrogens is 495 g/mol. The molecule has 4 rings (SSSR count). The van der Waals surface area contributed by atoms with Crippen LogP contribution in [0.1, 0.15) is 21.5 Å². The van der Waals surface area contributed by atoms with Crippen LogP contribution in [0.25, 0.3) is 21.2 Å². The number of halogens is 3. The van der Waals surface area contributed by atoms with Crippen molar-refractivity contribution in [3.8, 4) is 17.2 Å². The predicted molar refractivity (Wildman–Crippen MR) is 128 cm³/mol. The van der Waals surface area contributed by atoms with Crippen molar-refractivity contribution >= 4 is 44.2 Å². The van der Waals surface area contributed by atoms with E-state index in [4.69, 9.17) is 10.5 Å². The van der Waals surface area contributed by atoms with E-state index in [0.717, 1.165) is 19.2 Å².